The molecule has 1 saturated heterocycles. The molecule has 1 amide bonds. The molecule has 0 saturated carbocycles. The van der Waals surface area contributed by atoms with Gasteiger partial charge in [0, 0.05) is 37.5 Å². The molecular formula is C18H23N7O3S. The van der Waals surface area contributed by atoms with Gasteiger partial charge in [-0.2, -0.15) is 19.7 Å². The maximum atomic E-state index is 12.9. The Hall–Kier alpha value is -2.82. The van der Waals surface area contributed by atoms with Crippen LogP contribution in [0.5, 0.6) is 0 Å². The van der Waals surface area contributed by atoms with E-state index in [0.717, 1.165) is 5.69 Å². The maximum absolute atomic E-state index is 12.9. The van der Waals surface area contributed by atoms with Gasteiger partial charge in [0.1, 0.15) is 11.2 Å². The number of aryl methyl sites for hydroxylation is 1. The summed E-state index contributed by atoms with van der Waals surface area (Å²) in [6.45, 7) is 5.65. The van der Waals surface area contributed by atoms with Crippen LogP contribution in [0.4, 0.5) is 0 Å². The van der Waals surface area contributed by atoms with E-state index in [4.69, 9.17) is 0 Å². The highest BCUT2D eigenvalue weighted by Gasteiger charge is 2.31. The van der Waals surface area contributed by atoms with Crippen molar-refractivity contribution >= 4 is 21.5 Å². The van der Waals surface area contributed by atoms with E-state index in [-0.39, 0.29) is 16.7 Å². The van der Waals surface area contributed by atoms with Crippen LogP contribution in [0.2, 0.25) is 0 Å². The number of aromatic nitrogens is 6. The third-order valence-corrected chi connectivity index (χ3v) is 6.62. The van der Waals surface area contributed by atoms with Crippen molar-refractivity contribution in [2.45, 2.75) is 44.0 Å². The van der Waals surface area contributed by atoms with E-state index in [1.54, 1.807) is 15.8 Å². The molecule has 1 fully saturated rings. The molecule has 10 nitrogen and oxygen atoms in total. The average Bonchev–Trinajstić information content (AvgIpc) is 3.32. The monoisotopic (exact) mass is 417 g/mol. The molecule has 4 rings (SSSR count). The number of rotatable bonds is 4. The minimum atomic E-state index is -3.47. The normalized spacial score (nSPS) is 15.9. The van der Waals surface area contributed by atoms with Gasteiger partial charge in [-0.25, -0.2) is 13.4 Å². The van der Waals surface area contributed by atoms with Gasteiger partial charge in [-0.05, 0) is 26.7 Å². The number of piperidine rings is 1. The summed E-state index contributed by atoms with van der Waals surface area (Å²) in [5.41, 5.74) is 2.07. The molecule has 0 bridgehead atoms. The minimum Gasteiger partial charge on any atom is -0.338 e. The van der Waals surface area contributed by atoms with Gasteiger partial charge >= 0.3 is 0 Å². The molecule has 0 N–H and O–H groups in total. The van der Waals surface area contributed by atoms with Crippen molar-refractivity contribution in [3.8, 4) is 0 Å². The molecule has 0 spiro atoms. The fourth-order valence-corrected chi connectivity index (χ4v) is 4.82. The van der Waals surface area contributed by atoms with Crippen LogP contribution in [0.1, 0.15) is 47.4 Å². The van der Waals surface area contributed by atoms with Gasteiger partial charge in [-0.15, -0.1) is 0 Å². The number of nitrogens with zero attached hydrogens (tertiary/aromatic N) is 7. The number of carbonyl (C=O) groups is 1. The molecule has 0 aliphatic carbocycles. The number of carbonyl (C=O) groups excluding carboxylic acids is 1. The van der Waals surface area contributed by atoms with Crippen LogP contribution in [0.15, 0.2) is 23.6 Å². The molecule has 3 aromatic rings. The summed E-state index contributed by atoms with van der Waals surface area (Å²) < 4.78 is 27.9. The summed E-state index contributed by atoms with van der Waals surface area (Å²) in [5.74, 6) is 0.272. The van der Waals surface area contributed by atoms with Gasteiger partial charge in [0.2, 0.25) is 0 Å². The first kappa shape index (κ1) is 19.5. The maximum Gasteiger partial charge on any atom is 0.257 e. The van der Waals surface area contributed by atoms with Gasteiger partial charge in [-0.3, -0.25) is 9.48 Å². The fraction of sp³-hybridized carbons (Fsp3) is 0.500. The first-order chi connectivity index (χ1) is 13.8. The van der Waals surface area contributed by atoms with Crippen LogP contribution in [0.25, 0.3) is 5.78 Å². The summed E-state index contributed by atoms with van der Waals surface area (Å²) in [5, 5.41) is 8.44. The third kappa shape index (κ3) is 3.39. The van der Waals surface area contributed by atoms with Crippen LogP contribution >= 0.6 is 0 Å². The summed E-state index contributed by atoms with van der Waals surface area (Å²) in [6.07, 6.45) is 6.78. The number of hydrogen-bond donors (Lipinski definition) is 0. The molecule has 1 aliphatic heterocycles. The van der Waals surface area contributed by atoms with Crippen LogP contribution < -0.4 is 0 Å². The van der Waals surface area contributed by atoms with E-state index in [1.165, 1.54) is 23.3 Å². The van der Waals surface area contributed by atoms with Gasteiger partial charge in [0.25, 0.3) is 11.7 Å². The molecule has 29 heavy (non-hydrogen) atoms. The summed E-state index contributed by atoms with van der Waals surface area (Å²) in [7, 11) is -3.47. The minimum absolute atomic E-state index is 0.0374. The van der Waals surface area contributed by atoms with Crippen molar-refractivity contribution in [2.24, 2.45) is 0 Å². The zero-order chi connectivity index (χ0) is 20.8. The lowest BCUT2D eigenvalue weighted by atomic mass is 9.93. The molecule has 154 valence electrons. The van der Waals surface area contributed by atoms with Crippen LogP contribution in [-0.2, 0) is 16.4 Å². The fourth-order valence-electron chi connectivity index (χ4n) is 3.94. The second-order valence-electron chi connectivity index (χ2n) is 7.28. The Bertz CT molecular complexity index is 1170. The third-order valence-electron chi connectivity index (χ3n) is 5.51. The molecular weight excluding hydrogens is 394 g/mol. The second-order valence-corrected chi connectivity index (χ2v) is 9.26. The van der Waals surface area contributed by atoms with E-state index >= 15 is 0 Å². The Balaban J connectivity index is 1.60. The van der Waals surface area contributed by atoms with Gasteiger partial charge < -0.3 is 4.90 Å². The summed E-state index contributed by atoms with van der Waals surface area (Å²) in [6, 6.07) is 0. The topological polar surface area (TPSA) is 115 Å². The number of amides is 1. The highest BCUT2D eigenvalue weighted by atomic mass is 32.2. The van der Waals surface area contributed by atoms with Crippen molar-refractivity contribution in [3.05, 3.63) is 35.7 Å². The Morgan fingerprint density at radius 3 is 2.52 bits per heavy atom. The summed E-state index contributed by atoms with van der Waals surface area (Å²) >= 11 is 0. The second kappa shape index (κ2) is 7.21. The number of likely N-dealkylation sites (tertiary alicyclic amines) is 1. The Morgan fingerprint density at radius 1 is 1.17 bits per heavy atom. The van der Waals surface area contributed by atoms with Crippen LogP contribution in [-0.4, -0.2) is 67.9 Å². The first-order valence-corrected chi connectivity index (χ1v) is 11.4. The van der Waals surface area contributed by atoms with Crippen molar-refractivity contribution in [1.29, 1.82) is 0 Å². The number of sulfone groups is 1. The van der Waals surface area contributed by atoms with Crippen molar-refractivity contribution in [2.75, 3.05) is 19.3 Å². The molecule has 1 aliphatic rings. The molecule has 0 unspecified atom stereocenters. The quantitative estimate of drug-likeness (QED) is 0.623. The first-order valence-electron chi connectivity index (χ1n) is 9.51. The van der Waals surface area contributed by atoms with Crippen LogP contribution in [0.3, 0.4) is 0 Å². The number of fused-ring (bicyclic) bond motifs is 1. The van der Waals surface area contributed by atoms with E-state index in [2.05, 4.69) is 20.2 Å². The van der Waals surface area contributed by atoms with Gasteiger partial charge in [0.05, 0.1) is 23.7 Å². The molecule has 0 radical (unpaired) electrons. The molecule has 11 heteroatoms. The average molecular weight is 417 g/mol. The van der Waals surface area contributed by atoms with E-state index < -0.39 is 9.84 Å². The molecule has 0 aromatic carbocycles. The zero-order valence-corrected chi connectivity index (χ0v) is 17.4. The largest absolute Gasteiger partial charge is 0.338 e. The smallest absolute Gasteiger partial charge is 0.257 e. The highest BCUT2D eigenvalue weighted by molar-refractivity contribution is 7.90. The Labute approximate surface area is 168 Å². The van der Waals surface area contributed by atoms with Crippen molar-refractivity contribution in [1.82, 2.24) is 34.3 Å². The van der Waals surface area contributed by atoms with Crippen molar-refractivity contribution < 1.29 is 13.2 Å². The molecule has 4 heterocycles. The van der Waals surface area contributed by atoms with E-state index in [0.29, 0.717) is 49.5 Å². The predicted molar refractivity (Wildman–Crippen MR) is 104 cm³/mol. The molecule has 3 aromatic heterocycles. The van der Waals surface area contributed by atoms with Gasteiger partial charge in [0.15, 0.2) is 9.84 Å². The van der Waals surface area contributed by atoms with Gasteiger partial charge in [-0.1, -0.05) is 0 Å². The molecule has 0 atom stereocenters. The lowest BCUT2D eigenvalue weighted by Crippen LogP contribution is -2.38. The zero-order valence-electron chi connectivity index (χ0n) is 16.6. The van der Waals surface area contributed by atoms with Crippen molar-refractivity contribution in [3.63, 3.8) is 0 Å². The SMILES string of the molecule is CCn1ncc(C(=O)N2CCC(c3c(S(C)(=O)=O)cnc4ncnn34)CC2)c1C. The van der Waals surface area contributed by atoms with E-state index in [1.807, 2.05) is 13.8 Å². The Morgan fingerprint density at radius 2 is 1.90 bits per heavy atom. The summed E-state index contributed by atoms with van der Waals surface area (Å²) in [4.78, 5) is 23.1. The Kier molecular flexibility index (Phi) is 4.85. The standard InChI is InChI=1S/C18H23N7O3S/c1-4-24-12(2)14(9-21-24)17(26)23-7-5-13(6-8-23)16-15(29(3,27)28)10-19-18-20-11-22-25(16)18/h9-11,13H,4-8H2,1-3H3. The van der Waals surface area contributed by atoms with Crippen LogP contribution in [0, 0.1) is 6.92 Å². The lowest BCUT2D eigenvalue weighted by molar-refractivity contribution is 0.0710. The predicted octanol–water partition coefficient (Wildman–Crippen LogP) is 1.07. The lowest BCUT2D eigenvalue weighted by Gasteiger charge is -2.32. The van der Waals surface area contributed by atoms with E-state index in [9.17, 15) is 13.2 Å². The highest BCUT2D eigenvalue weighted by Crippen LogP contribution is 2.32. The number of hydrogen-bond acceptors (Lipinski definition) is 7.